The summed E-state index contributed by atoms with van der Waals surface area (Å²) in [6.07, 6.45) is -3.08. The molecule has 0 fully saturated rings. The number of aryl methyl sites for hydroxylation is 1. The Morgan fingerprint density at radius 2 is 1.29 bits per heavy atom. The van der Waals surface area contributed by atoms with Crippen LogP contribution in [0.4, 0.5) is 26.3 Å². The van der Waals surface area contributed by atoms with Crippen LogP contribution in [0.25, 0.3) is 23.3 Å². The summed E-state index contributed by atoms with van der Waals surface area (Å²) in [5.74, 6) is 0. The second-order valence-electron chi connectivity index (χ2n) is 13.0. The number of halogens is 8. The van der Waals surface area contributed by atoms with Crippen molar-refractivity contribution in [3.05, 3.63) is 172 Å². The van der Waals surface area contributed by atoms with E-state index in [1.54, 1.807) is 0 Å². The molecule has 0 N–H and O–H groups in total. The topological polar surface area (TPSA) is 0 Å². The molecule has 0 radical (unpaired) electrons. The average Bonchev–Trinajstić information content (AvgIpc) is 3.73. The summed E-state index contributed by atoms with van der Waals surface area (Å²) < 4.78 is 76.7. The predicted octanol–water partition coefficient (Wildman–Crippen LogP) is 6.46. The molecule has 0 atom stereocenters. The molecule has 5 aromatic carbocycles. The van der Waals surface area contributed by atoms with E-state index in [9.17, 15) is 26.3 Å². The van der Waals surface area contributed by atoms with E-state index >= 15 is 0 Å². The van der Waals surface area contributed by atoms with Crippen molar-refractivity contribution in [1.82, 2.24) is 0 Å². The summed E-state index contributed by atoms with van der Waals surface area (Å²) in [7, 11) is 0. The van der Waals surface area contributed by atoms with Crippen LogP contribution in [-0.4, -0.2) is 3.21 Å². The van der Waals surface area contributed by atoms with Crippen molar-refractivity contribution in [3.8, 4) is 11.1 Å². The third-order valence-electron chi connectivity index (χ3n) is 8.36. The Hall–Kier alpha value is -3.38. The van der Waals surface area contributed by atoms with Crippen molar-refractivity contribution in [1.29, 1.82) is 0 Å². The standard InChI is InChI=1S/C17H13.C15H8F6.C11H17.2ClH.Zr/c1-3-12-5-7-14-11-15-8-6-13(4-2)10-17(15)16(14)9-12;16-14(17,18)12-5-1-3-10(8-12)7-11-4-2-6-13(9-11)15(19,20)21;1-5-9-6-7-10(8-9)11(2,3)4;;;/h3-7,9-10H,1-2,11H2;1-6,8-9H;6-8H,5H2,1-4H3;2*1H;/q-1;;-1;;;+2/p-2. The zero-order valence-electron chi connectivity index (χ0n) is 29.2. The van der Waals surface area contributed by atoms with Crippen molar-refractivity contribution in [2.75, 3.05) is 0 Å². The smallest absolute Gasteiger partial charge is 1.00 e. The minimum absolute atomic E-state index is 0. The van der Waals surface area contributed by atoms with Gasteiger partial charge in [-0.25, -0.2) is 6.07 Å². The molecule has 5 aromatic rings. The maximum atomic E-state index is 12.7. The minimum Gasteiger partial charge on any atom is -1.00 e. The quantitative estimate of drug-likeness (QED) is 0.139. The fourth-order valence-corrected chi connectivity index (χ4v) is 6.18. The molecule has 0 unspecified atom stereocenters. The normalized spacial score (nSPS) is 11.6. The summed E-state index contributed by atoms with van der Waals surface area (Å²) in [6.45, 7) is 16.6. The van der Waals surface area contributed by atoms with Gasteiger partial charge in [-0.1, -0.05) is 81.5 Å². The first-order valence-corrected chi connectivity index (χ1v) is 17.3. The summed E-state index contributed by atoms with van der Waals surface area (Å²) in [5, 5.41) is 0. The molecule has 272 valence electrons. The predicted molar refractivity (Wildman–Crippen MR) is 190 cm³/mol. The minimum atomic E-state index is -4.49. The molecule has 0 bridgehead atoms. The molecule has 0 saturated heterocycles. The van der Waals surface area contributed by atoms with Crippen molar-refractivity contribution < 1.29 is 75.4 Å². The van der Waals surface area contributed by atoms with Crippen LogP contribution in [0.1, 0.15) is 83.3 Å². The van der Waals surface area contributed by atoms with E-state index in [1.165, 1.54) is 63.2 Å². The molecule has 9 heteroatoms. The van der Waals surface area contributed by atoms with Crippen molar-refractivity contribution >= 4 is 15.4 Å². The summed E-state index contributed by atoms with van der Waals surface area (Å²) in [4.78, 5) is 0. The second kappa shape index (κ2) is 18.6. The molecule has 0 heterocycles. The van der Waals surface area contributed by atoms with Gasteiger partial charge in [0.05, 0.1) is 0 Å². The van der Waals surface area contributed by atoms with Gasteiger partial charge in [-0.2, -0.15) is 47.0 Å². The van der Waals surface area contributed by atoms with Crippen LogP contribution >= 0.6 is 0 Å². The molecule has 0 aromatic heterocycles. The van der Waals surface area contributed by atoms with E-state index in [4.69, 9.17) is 0 Å². The first-order valence-electron chi connectivity index (χ1n) is 16.1. The molecule has 0 amide bonds. The van der Waals surface area contributed by atoms with Crippen LogP contribution in [0.15, 0.2) is 110 Å². The number of hydrogen-bond donors (Lipinski definition) is 0. The molecular weight excluding hydrogens is 793 g/mol. The molecule has 0 aliphatic heterocycles. The SMILES string of the molecule is C=Cc1c[c-]c2c(c1)-c1cc(C=C)ccc1C2.CCc1cc(C(C)(C)C)c[cH-]1.FC(F)(F)c1cccc([C](=[Zr+2])c2cccc(C(F)(F)F)c2)c1.[Cl-].[Cl-]. The summed E-state index contributed by atoms with van der Waals surface area (Å²) in [6, 6.07) is 30.0. The van der Waals surface area contributed by atoms with E-state index in [0.717, 1.165) is 66.9 Å². The molecule has 6 rings (SSSR count). The summed E-state index contributed by atoms with van der Waals surface area (Å²) >= 11 is 0.729. The third-order valence-corrected chi connectivity index (χ3v) is 9.78. The second-order valence-corrected chi connectivity index (χ2v) is 14.2. The van der Waals surface area contributed by atoms with Crippen LogP contribution < -0.4 is 24.8 Å². The van der Waals surface area contributed by atoms with Crippen molar-refractivity contribution in [3.63, 3.8) is 0 Å². The Kier molecular flexibility index (Phi) is 16.0. The molecule has 52 heavy (non-hydrogen) atoms. The van der Waals surface area contributed by atoms with Gasteiger partial charge in [-0.3, -0.25) is 0 Å². The van der Waals surface area contributed by atoms with Crippen LogP contribution in [0.2, 0.25) is 0 Å². The monoisotopic (exact) mass is 828 g/mol. The Morgan fingerprint density at radius 3 is 1.73 bits per heavy atom. The van der Waals surface area contributed by atoms with Crippen LogP contribution in [0.5, 0.6) is 0 Å². The average molecular weight is 831 g/mol. The van der Waals surface area contributed by atoms with Gasteiger partial charge in [0.15, 0.2) is 0 Å². The van der Waals surface area contributed by atoms with Gasteiger partial charge in [0, 0.05) is 0 Å². The fraction of sp³-hybridized carbons (Fsp3) is 0.209. The van der Waals surface area contributed by atoms with Gasteiger partial charge < -0.3 is 24.8 Å². The van der Waals surface area contributed by atoms with Gasteiger partial charge in [-0.15, -0.1) is 23.8 Å². The first kappa shape index (κ1) is 44.8. The van der Waals surface area contributed by atoms with Crippen LogP contribution in [0, 0.1) is 6.07 Å². The Morgan fingerprint density at radius 1 is 0.750 bits per heavy atom. The zero-order valence-corrected chi connectivity index (χ0v) is 33.2. The van der Waals surface area contributed by atoms with E-state index in [0.29, 0.717) is 8.62 Å². The van der Waals surface area contributed by atoms with Gasteiger partial charge in [0.2, 0.25) is 0 Å². The van der Waals surface area contributed by atoms with E-state index < -0.39 is 23.5 Å². The number of alkyl halides is 6. The Balaban J connectivity index is 0.000000279. The Bertz CT molecular complexity index is 1880. The van der Waals surface area contributed by atoms with Crippen molar-refractivity contribution in [2.24, 2.45) is 0 Å². The Labute approximate surface area is 330 Å². The zero-order chi connectivity index (χ0) is 36.9. The maximum absolute atomic E-state index is 12.7. The summed E-state index contributed by atoms with van der Waals surface area (Å²) in [5.41, 5.74) is 9.68. The first-order chi connectivity index (χ1) is 23.4. The number of fused-ring (bicyclic) bond motifs is 3. The molecule has 0 saturated carbocycles. The van der Waals surface area contributed by atoms with Crippen LogP contribution in [0.3, 0.4) is 0 Å². The van der Waals surface area contributed by atoms with Gasteiger partial charge in [0.1, 0.15) is 0 Å². The van der Waals surface area contributed by atoms with Gasteiger partial charge in [-0.05, 0) is 12.0 Å². The van der Waals surface area contributed by atoms with Crippen LogP contribution in [-0.2, 0) is 54.8 Å². The number of benzene rings is 4. The molecule has 1 aliphatic rings. The maximum Gasteiger partial charge on any atom is -1.00 e. The third kappa shape index (κ3) is 11.6. The van der Waals surface area contributed by atoms with Gasteiger partial charge in [0.25, 0.3) is 0 Å². The van der Waals surface area contributed by atoms with Crippen molar-refractivity contribution in [2.45, 2.75) is 58.3 Å². The van der Waals surface area contributed by atoms with E-state index in [-0.39, 0.29) is 35.9 Å². The number of hydrogen-bond acceptors (Lipinski definition) is 0. The largest absolute Gasteiger partial charge is 1.00 e. The van der Waals surface area contributed by atoms with Gasteiger partial charge >= 0.3 is 137 Å². The number of rotatable bonds is 5. The molecule has 1 aliphatic carbocycles. The van der Waals surface area contributed by atoms with E-state index in [1.807, 2.05) is 18.2 Å². The van der Waals surface area contributed by atoms with E-state index in [2.05, 4.69) is 89.4 Å². The molecule has 0 spiro atoms. The molecule has 0 nitrogen and oxygen atoms in total. The fourth-order valence-electron chi connectivity index (χ4n) is 5.41. The molecular formula is C43H38Cl2F6Zr-2.